The van der Waals surface area contributed by atoms with Crippen LogP contribution in [-0.4, -0.2) is 43.8 Å². The molecule has 0 saturated carbocycles. The molecule has 0 spiro atoms. The van der Waals surface area contributed by atoms with Gasteiger partial charge < -0.3 is 18.9 Å². The van der Waals surface area contributed by atoms with Crippen LogP contribution in [0.25, 0.3) is 0 Å². The minimum Gasteiger partial charge on any atom is -0.457 e. The lowest BCUT2D eigenvalue weighted by atomic mass is 10.0. The molecule has 2 atom stereocenters. The van der Waals surface area contributed by atoms with Gasteiger partial charge in [0.2, 0.25) is 0 Å². The largest absolute Gasteiger partial charge is 0.457 e. The molecule has 2 rings (SSSR count). The summed E-state index contributed by atoms with van der Waals surface area (Å²) in [7, 11) is 0. The molecule has 30 heavy (non-hydrogen) atoms. The van der Waals surface area contributed by atoms with Crippen molar-refractivity contribution in [3.8, 4) is 0 Å². The molecule has 0 N–H and O–H groups in total. The maximum absolute atomic E-state index is 11.9. The van der Waals surface area contributed by atoms with Crippen LogP contribution in [0.15, 0.2) is 0 Å². The Labute approximate surface area is 184 Å². The Hall–Kier alpha value is -0.650. The number of hydrogen-bond acceptors (Lipinski definition) is 5. The highest BCUT2D eigenvalue weighted by atomic mass is 16.7. The third kappa shape index (κ3) is 11.1. The lowest BCUT2D eigenvalue weighted by Gasteiger charge is -2.31. The molecule has 2 heterocycles. The molecule has 0 amide bonds. The van der Waals surface area contributed by atoms with Crippen LogP contribution >= 0.6 is 0 Å². The van der Waals surface area contributed by atoms with Crippen LogP contribution in [-0.2, 0) is 23.7 Å². The summed E-state index contributed by atoms with van der Waals surface area (Å²) in [6.07, 6.45) is 17.5. The predicted molar refractivity (Wildman–Crippen MR) is 119 cm³/mol. The smallest absolute Gasteiger partial charge is 0.306 e. The highest BCUT2D eigenvalue weighted by Gasteiger charge is 2.36. The predicted octanol–water partition coefficient (Wildman–Crippen LogP) is 6.18. The van der Waals surface area contributed by atoms with Gasteiger partial charge in [-0.25, -0.2) is 0 Å². The van der Waals surface area contributed by atoms with Gasteiger partial charge >= 0.3 is 5.97 Å². The molecule has 176 valence electrons. The van der Waals surface area contributed by atoms with E-state index in [-0.39, 0.29) is 18.4 Å². The Balaban J connectivity index is 1.31. The summed E-state index contributed by atoms with van der Waals surface area (Å²) in [5.41, 5.74) is 0. The monoisotopic (exact) mass is 426 g/mol. The molecule has 0 aliphatic carbocycles. The first kappa shape index (κ1) is 25.6. The van der Waals surface area contributed by atoms with E-state index in [1.807, 2.05) is 0 Å². The normalized spacial score (nSPS) is 26.1. The topological polar surface area (TPSA) is 57.3 Å². The third-order valence-electron chi connectivity index (χ3n) is 6.13. The lowest BCUT2D eigenvalue weighted by Crippen LogP contribution is -2.40. The molecule has 0 radical (unpaired) electrons. The average Bonchev–Trinajstić information content (AvgIpc) is 3.48. The standard InChI is InChI=1S/C25H46O5/c1-4-5-12-15-22-23(30-22)16-13-10-8-6-7-9-11-14-17-24(26)29-21-18-27-25(20(2)3)28-19-21/h20-23,25H,4-19H2,1-3H3. The molecular formula is C25H46O5. The van der Waals surface area contributed by atoms with Crippen LogP contribution in [0.4, 0.5) is 0 Å². The maximum Gasteiger partial charge on any atom is 0.306 e. The first-order valence-corrected chi connectivity index (χ1v) is 12.7. The molecule has 2 saturated heterocycles. The molecule has 2 fully saturated rings. The lowest BCUT2D eigenvalue weighted by molar-refractivity contribution is -0.239. The van der Waals surface area contributed by atoms with Crippen molar-refractivity contribution in [1.82, 2.24) is 0 Å². The summed E-state index contributed by atoms with van der Waals surface area (Å²) in [5.74, 6) is 0.201. The Bertz CT molecular complexity index is 445. The summed E-state index contributed by atoms with van der Waals surface area (Å²) in [4.78, 5) is 11.9. The van der Waals surface area contributed by atoms with Crippen molar-refractivity contribution in [3.05, 3.63) is 0 Å². The Morgan fingerprint density at radius 1 is 0.833 bits per heavy atom. The van der Waals surface area contributed by atoms with Gasteiger partial charge in [0.1, 0.15) is 6.10 Å². The third-order valence-corrected chi connectivity index (χ3v) is 6.13. The van der Waals surface area contributed by atoms with Gasteiger partial charge in [0.25, 0.3) is 0 Å². The summed E-state index contributed by atoms with van der Waals surface area (Å²) < 4.78 is 22.4. The first-order chi connectivity index (χ1) is 14.6. The van der Waals surface area contributed by atoms with Gasteiger partial charge in [-0.05, 0) is 19.3 Å². The van der Waals surface area contributed by atoms with Gasteiger partial charge in [-0.3, -0.25) is 4.79 Å². The summed E-state index contributed by atoms with van der Waals surface area (Å²) in [6, 6.07) is 0. The molecule has 2 unspecified atom stereocenters. The van der Waals surface area contributed by atoms with E-state index in [4.69, 9.17) is 18.9 Å². The van der Waals surface area contributed by atoms with Crippen LogP contribution in [0.2, 0.25) is 0 Å². The Morgan fingerprint density at radius 3 is 1.93 bits per heavy atom. The molecule has 2 aliphatic rings. The van der Waals surface area contributed by atoms with Crippen molar-refractivity contribution >= 4 is 5.97 Å². The van der Waals surface area contributed by atoms with Gasteiger partial charge in [0.15, 0.2) is 6.29 Å². The number of rotatable bonds is 17. The molecule has 5 heteroatoms. The van der Waals surface area contributed by atoms with Gasteiger partial charge in [-0.1, -0.05) is 85.0 Å². The van der Waals surface area contributed by atoms with Crippen LogP contribution < -0.4 is 0 Å². The fourth-order valence-electron chi connectivity index (χ4n) is 4.16. The Morgan fingerprint density at radius 2 is 1.37 bits per heavy atom. The maximum atomic E-state index is 11.9. The SMILES string of the molecule is CCCCCC1OC1CCCCCCCCCCC(=O)OC1COC(C(C)C)OC1. The second-order valence-corrected chi connectivity index (χ2v) is 9.47. The molecule has 0 aromatic rings. The van der Waals surface area contributed by atoms with E-state index in [1.54, 1.807) is 0 Å². The molecule has 0 aromatic carbocycles. The van der Waals surface area contributed by atoms with E-state index in [0.29, 0.717) is 37.8 Å². The summed E-state index contributed by atoms with van der Waals surface area (Å²) >= 11 is 0. The van der Waals surface area contributed by atoms with E-state index < -0.39 is 0 Å². The van der Waals surface area contributed by atoms with Crippen LogP contribution in [0, 0.1) is 5.92 Å². The highest BCUT2D eigenvalue weighted by molar-refractivity contribution is 5.69. The van der Waals surface area contributed by atoms with Crippen molar-refractivity contribution in [1.29, 1.82) is 0 Å². The van der Waals surface area contributed by atoms with Gasteiger partial charge in [0.05, 0.1) is 25.4 Å². The number of esters is 1. The van der Waals surface area contributed by atoms with Crippen LogP contribution in [0.3, 0.4) is 0 Å². The minimum atomic E-state index is -0.250. The minimum absolute atomic E-state index is 0.120. The number of carbonyl (C=O) groups excluding carboxylic acids is 1. The summed E-state index contributed by atoms with van der Waals surface area (Å²) in [6.45, 7) is 7.27. The van der Waals surface area contributed by atoms with Crippen molar-refractivity contribution in [2.45, 2.75) is 135 Å². The average molecular weight is 427 g/mol. The number of hydrogen-bond donors (Lipinski definition) is 0. The molecule has 0 bridgehead atoms. The fourth-order valence-corrected chi connectivity index (χ4v) is 4.16. The van der Waals surface area contributed by atoms with Gasteiger partial charge in [-0.2, -0.15) is 0 Å². The molecule has 2 aliphatic heterocycles. The Kier molecular flexibility index (Phi) is 13.0. The number of carbonyl (C=O) groups is 1. The fraction of sp³-hybridized carbons (Fsp3) is 0.960. The van der Waals surface area contributed by atoms with Crippen molar-refractivity contribution in [3.63, 3.8) is 0 Å². The highest BCUT2D eigenvalue weighted by Crippen LogP contribution is 2.31. The van der Waals surface area contributed by atoms with E-state index in [9.17, 15) is 4.79 Å². The van der Waals surface area contributed by atoms with Gasteiger partial charge in [-0.15, -0.1) is 0 Å². The quantitative estimate of drug-likeness (QED) is 0.158. The molecular weight excluding hydrogens is 380 g/mol. The number of ether oxygens (including phenoxy) is 4. The zero-order chi connectivity index (χ0) is 21.6. The van der Waals surface area contributed by atoms with Gasteiger partial charge in [0, 0.05) is 12.3 Å². The zero-order valence-corrected chi connectivity index (χ0v) is 19.7. The number of unbranched alkanes of at least 4 members (excludes halogenated alkanes) is 9. The van der Waals surface area contributed by atoms with E-state index in [0.717, 1.165) is 12.8 Å². The van der Waals surface area contributed by atoms with Crippen molar-refractivity contribution in [2.24, 2.45) is 5.92 Å². The number of epoxide rings is 1. The van der Waals surface area contributed by atoms with E-state index in [1.165, 1.54) is 70.6 Å². The van der Waals surface area contributed by atoms with Crippen molar-refractivity contribution < 1.29 is 23.7 Å². The molecule has 5 nitrogen and oxygen atoms in total. The van der Waals surface area contributed by atoms with Crippen LogP contribution in [0.1, 0.15) is 111 Å². The van der Waals surface area contributed by atoms with E-state index in [2.05, 4.69) is 20.8 Å². The second-order valence-electron chi connectivity index (χ2n) is 9.47. The van der Waals surface area contributed by atoms with Crippen LogP contribution in [0.5, 0.6) is 0 Å². The first-order valence-electron chi connectivity index (χ1n) is 12.7. The molecule has 0 aromatic heterocycles. The van der Waals surface area contributed by atoms with Crippen molar-refractivity contribution in [2.75, 3.05) is 13.2 Å². The second kappa shape index (κ2) is 15.2. The zero-order valence-electron chi connectivity index (χ0n) is 19.7. The van der Waals surface area contributed by atoms with E-state index >= 15 is 0 Å². The summed E-state index contributed by atoms with van der Waals surface area (Å²) in [5, 5.41) is 0.